The number of nitrogens with two attached hydrogens (primary N) is 1. The Morgan fingerprint density at radius 2 is 2.31 bits per heavy atom. The van der Waals surface area contributed by atoms with Crippen molar-refractivity contribution in [3.63, 3.8) is 0 Å². The molecule has 0 bridgehead atoms. The number of carbonyl (C=O) groups excluding carboxylic acids is 1. The third-order valence-corrected chi connectivity index (χ3v) is 1.77. The van der Waals surface area contributed by atoms with Crippen LogP contribution in [-0.2, 0) is 0 Å². The lowest BCUT2D eigenvalue weighted by atomic mass is 10.1. The number of carbonyl (C=O) groups is 1. The largest absolute Gasteiger partial charge is 0.290 e. The topological polar surface area (TPSA) is 68.0 Å². The van der Waals surface area contributed by atoms with Crippen molar-refractivity contribution < 1.29 is 4.79 Å². The molecular formula is C9H13N3O. The third kappa shape index (κ3) is 2.26. The molecular weight excluding hydrogens is 166 g/mol. The number of aromatic nitrogens is 1. The van der Waals surface area contributed by atoms with Crippen molar-refractivity contribution in [3.8, 4) is 0 Å². The van der Waals surface area contributed by atoms with E-state index in [1.807, 2.05) is 13.8 Å². The smallest absolute Gasteiger partial charge is 0.265 e. The van der Waals surface area contributed by atoms with E-state index in [0.29, 0.717) is 11.5 Å². The summed E-state index contributed by atoms with van der Waals surface area (Å²) in [7, 11) is 0. The van der Waals surface area contributed by atoms with Gasteiger partial charge in [-0.2, -0.15) is 0 Å². The van der Waals surface area contributed by atoms with Crippen molar-refractivity contribution in [3.05, 3.63) is 29.6 Å². The molecule has 0 aromatic carbocycles. The Bertz CT molecular complexity index is 309. The highest BCUT2D eigenvalue weighted by Crippen LogP contribution is 2.12. The molecule has 1 aromatic rings. The SMILES string of the molecule is CC(C)c1cc(C(=O)NN)ccn1. The van der Waals surface area contributed by atoms with Gasteiger partial charge >= 0.3 is 0 Å². The fourth-order valence-corrected chi connectivity index (χ4v) is 0.989. The van der Waals surface area contributed by atoms with E-state index < -0.39 is 0 Å². The van der Waals surface area contributed by atoms with Crippen LogP contribution in [0.2, 0.25) is 0 Å². The van der Waals surface area contributed by atoms with Gasteiger partial charge in [-0.25, -0.2) is 5.84 Å². The molecule has 0 radical (unpaired) electrons. The standard InChI is InChI=1S/C9H13N3O/c1-6(2)8-5-7(3-4-11-8)9(13)12-10/h3-6H,10H2,1-2H3,(H,12,13). The lowest BCUT2D eigenvalue weighted by Crippen LogP contribution is -2.30. The first kappa shape index (κ1) is 9.67. The number of pyridine rings is 1. The summed E-state index contributed by atoms with van der Waals surface area (Å²) in [6, 6.07) is 3.38. The summed E-state index contributed by atoms with van der Waals surface area (Å²) >= 11 is 0. The molecule has 1 aromatic heterocycles. The van der Waals surface area contributed by atoms with Gasteiger partial charge in [0.2, 0.25) is 0 Å². The summed E-state index contributed by atoms with van der Waals surface area (Å²) < 4.78 is 0. The number of hydrogen-bond acceptors (Lipinski definition) is 3. The molecule has 0 spiro atoms. The van der Waals surface area contributed by atoms with Crippen LogP contribution in [-0.4, -0.2) is 10.9 Å². The highest BCUT2D eigenvalue weighted by atomic mass is 16.2. The number of nitrogens with zero attached hydrogens (tertiary/aromatic N) is 1. The van der Waals surface area contributed by atoms with Gasteiger partial charge in [-0.1, -0.05) is 13.8 Å². The molecule has 0 saturated carbocycles. The summed E-state index contributed by atoms with van der Waals surface area (Å²) in [4.78, 5) is 15.3. The predicted molar refractivity (Wildman–Crippen MR) is 50.0 cm³/mol. The normalized spacial score (nSPS) is 10.2. The third-order valence-electron chi connectivity index (χ3n) is 1.77. The first-order valence-corrected chi connectivity index (χ1v) is 4.12. The summed E-state index contributed by atoms with van der Waals surface area (Å²) in [5.74, 6) is 5.03. The molecule has 0 aliphatic heterocycles. The maximum atomic E-state index is 11.1. The van der Waals surface area contributed by atoms with E-state index in [2.05, 4.69) is 10.4 Å². The molecule has 1 heterocycles. The summed E-state index contributed by atoms with van der Waals surface area (Å²) in [5.41, 5.74) is 3.51. The zero-order valence-corrected chi connectivity index (χ0v) is 7.74. The first-order chi connectivity index (χ1) is 6.15. The first-order valence-electron chi connectivity index (χ1n) is 4.12. The van der Waals surface area contributed by atoms with Crippen LogP contribution in [0.5, 0.6) is 0 Å². The molecule has 0 aliphatic rings. The van der Waals surface area contributed by atoms with Crippen molar-refractivity contribution in [2.24, 2.45) is 5.84 Å². The Morgan fingerprint density at radius 3 is 2.85 bits per heavy atom. The fraction of sp³-hybridized carbons (Fsp3) is 0.333. The van der Waals surface area contributed by atoms with Gasteiger partial charge in [0, 0.05) is 17.5 Å². The fourth-order valence-electron chi connectivity index (χ4n) is 0.989. The number of nitrogens with one attached hydrogen (secondary N) is 1. The molecule has 0 fully saturated rings. The van der Waals surface area contributed by atoms with E-state index >= 15 is 0 Å². The number of hydrazine groups is 1. The minimum absolute atomic E-state index is 0.288. The van der Waals surface area contributed by atoms with E-state index in [4.69, 9.17) is 5.84 Å². The Balaban J connectivity index is 2.98. The molecule has 3 N–H and O–H groups in total. The molecule has 0 saturated heterocycles. The highest BCUT2D eigenvalue weighted by Gasteiger charge is 2.06. The van der Waals surface area contributed by atoms with Gasteiger partial charge in [-0.3, -0.25) is 15.2 Å². The molecule has 13 heavy (non-hydrogen) atoms. The maximum Gasteiger partial charge on any atom is 0.265 e. The van der Waals surface area contributed by atoms with E-state index in [1.165, 1.54) is 0 Å². The monoisotopic (exact) mass is 179 g/mol. The Labute approximate surface area is 77.1 Å². The molecule has 0 aliphatic carbocycles. The summed E-state index contributed by atoms with van der Waals surface area (Å²) in [6.07, 6.45) is 1.61. The van der Waals surface area contributed by atoms with Crippen LogP contribution < -0.4 is 11.3 Å². The van der Waals surface area contributed by atoms with Crippen LogP contribution in [0.3, 0.4) is 0 Å². The molecule has 1 rings (SSSR count). The molecule has 4 heteroatoms. The lowest BCUT2D eigenvalue weighted by Gasteiger charge is -2.05. The van der Waals surface area contributed by atoms with E-state index in [1.54, 1.807) is 18.3 Å². The second-order valence-electron chi connectivity index (χ2n) is 3.10. The maximum absolute atomic E-state index is 11.1. The van der Waals surface area contributed by atoms with Gasteiger partial charge in [0.15, 0.2) is 0 Å². The molecule has 0 atom stereocenters. The summed E-state index contributed by atoms with van der Waals surface area (Å²) in [6.45, 7) is 4.04. The minimum atomic E-state index is -0.288. The van der Waals surface area contributed by atoms with E-state index in [0.717, 1.165) is 5.69 Å². The Morgan fingerprint density at radius 1 is 1.62 bits per heavy atom. The second kappa shape index (κ2) is 4.00. The lowest BCUT2D eigenvalue weighted by molar-refractivity contribution is 0.0953. The molecule has 70 valence electrons. The zero-order valence-electron chi connectivity index (χ0n) is 7.74. The average molecular weight is 179 g/mol. The van der Waals surface area contributed by atoms with Crippen LogP contribution >= 0.6 is 0 Å². The number of hydrogen-bond donors (Lipinski definition) is 2. The highest BCUT2D eigenvalue weighted by molar-refractivity contribution is 5.93. The minimum Gasteiger partial charge on any atom is -0.290 e. The Hall–Kier alpha value is -1.42. The van der Waals surface area contributed by atoms with Crippen molar-refractivity contribution in [1.82, 2.24) is 10.4 Å². The molecule has 4 nitrogen and oxygen atoms in total. The average Bonchev–Trinajstić information content (AvgIpc) is 2.17. The number of rotatable bonds is 2. The summed E-state index contributed by atoms with van der Waals surface area (Å²) in [5, 5.41) is 0. The van der Waals surface area contributed by atoms with E-state index in [-0.39, 0.29) is 5.91 Å². The molecule has 1 amide bonds. The van der Waals surface area contributed by atoms with Gasteiger partial charge in [0.25, 0.3) is 5.91 Å². The van der Waals surface area contributed by atoms with Crippen LogP contribution in [0.25, 0.3) is 0 Å². The van der Waals surface area contributed by atoms with Crippen LogP contribution in [0.15, 0.2) is 18.3 Å². The van der Waals surface area contributed by atoms with Crippen molar-refractivity contribution in [2.45, 2.75) is 19.8 Å². The van der Waals surface area contributed by atoms with Crippen molar-refractivity contribution in [2.75, 3.05) is 0 Å². The quantitative estimate of drug-likeness (QED) is 0.401. The van der Waals surface area contributed by atoms with Crippen LogP contribution in [0.4, 0.5) is 0 Å². The second-order valence-corrected chi connectivity index (χ2v) is 3.10. The zero-order chi connectivity index (χ0) is 9.84. The van der Waals surface area contributed by atoms with Crippen LogP contribution in [0.1, 0.15) is 35.8 Å². The predicted octanol–water partition coefficient (Wildman–Crippen LogP) is 0.809. The van der Waals surface area contributed by atoms with Gasteiger partial charge in [-0.05, 0) is 18.1 Å². The van der Waals surface area contributed by atoms with Crippen LogP contribution in [0, 0.1) is 0 Å². The van der Waals surface area contributed by atoms with Crippen molar-refractivity contribution >= 4 is 5.91 Å². The van der Waals surface area contributed by atoms with E-state index in [9.17, 15) is 4.79 Å². The molecule has 0 unspecified atom stereocenters. The number of nitrogen functional groups attached to an aromatic ring is 1. The number of amides is 1. The van der Waals surface area contributed by atoms with Crippen molar-refractivity contribution in [1.29, 1.82) is 0 Å². The van der Waals surface area contributed by atoms with Gasteiger partial charge in [-0.15, -0.1) is 0 Å². The van der Waals surface area contributed by atoms with Gasteiger partial charge in [0.1, 0.15) is 0 Å². The van der Waals surface area contributed by atoms with Gasteiger partial charge in [0.05, 0.1) is 0 Å². The Kier molecular flexibility index (Phi) is 2.97. The van der Waals surface area contributed by atoms with Gasteiger partial charge < -0.3 is 0 Å².